The van der Waals surface area contributed by atoms with E-state index >= 15 is 0 Å². The highest BCUT2D eigenvalue weighted by molar-refractivity contribution is 5.39. The van der Waals surface area contributed by atoms with Gasteiger partial charge in [-0.2, -0.15) is 0 Å². The Morgan fingerprint density at radius 3 is 2.38 bits per heavy atom. The molecule has 0 aliphatic rings. The Balaban J connectivity index is 3.16. The molecule has 1 aromatic carbocycles. The Hall–Kier alpha value is -1.06. The van der Waals surface area contributed by atoms with Gasteiger partial charge in [0, 0.05) is 12.7 Å². The van der Waals surface area contributed by atoms with Gasteiger partial charge < -0.3 is 14.6 Å². The van der Waals surface area contributed by atoms with Gasteiger partial charge in [-0.05, 0) is 32.9 Å². The van der Waals surface area contributed by atoms with Crippen LogP contribution < -0.4 is 4.74 Å². The zero-order chi connectivity index (χ0) is 12.3. The zero-order valence-electron chi connectivity index (χ0n) is 10.6. The molecule has 0 radical (unpaired) electrons. The molecule has 1 unspecified atom stereocenters. The molecule has 0 saturated heterocycles. The number of aryl methyl sites for hydroxylation is 1. The fourth-order valence-electron chi connectivity index (χ4n) is 1.55. The Morgan fingerprint density at radius 1 is 1.25 bits per heavy atom. The number of ether oxygens (including phenoxy) is 2. The number of aliphatic hydroxyl groups excluding tert-OH is 1. The van der Waals surface area contributed by atoms with Crippen molar-refractivity contribution in [1.82, 2.24) is 0 Å². The Bertz CT molecular complexity index is 358. The highest BCUT2D eigenvalue weighted by Crippen LogP contribution is 2.34. The van der Waals surface area contributed by atoms with E-state index in [0.29, 0.717) is 5.75 Å². The molecule has 0 saturated carbocycles. The number of hydrogen-bond acceptors (Lipinski definition) is 3. The number of aliphatic hydroxyl groups is 1. The van der Waals surface area contributed by atoms with Gasteiger partial charge in [-0.3, -0.25) is 0 Å². The molecule has 0 spiro atoms. The van der Waals surface area contributed by atoms with Crippen LogP contribution in [0.4, 0.5) is 0 Å². The Morgan fingerprint density at radius 2 is 1.88 bits per heavy atom. The largest absolute Gasteiger partial charge is 0.496 e. The molecule has 1 rings (SSSR count). The fraction of sp³-hybridized carbons (Fsp3) is 0.538. The van der Waals surface area contributed by atoms with Gasteiger partial charge in [-0.15, -0.1) is 0 Å². The second-order valence-electron chi connectivity index (χ2n) is 4.46. The molecule has 0 aliphatic heterocycles. The SMILES string of the molecule is COc1ccc(C)cc1C(O)C(C)(C)OC. The number of benzene rings is 1. The molecular weight excluding hydrogens is 204 g/mol. The van der Waals surface area contributed by atoms with Crippen LogP contribution in [0.3, 0.4) is 0 Å². The van der Waals surface area contributed by atoms with Crippen LogP contribution in [0.15, 0.2) is 18.2 Å². The van der Waals surface area contributed by atoms with Crippen molar-refractivity contribution in [3.05, 3.63) is 29.3 Å². The van der Waals surface area contributed by atoms with Crippen molar-refractivity contribution in [1.29, 1.82) is 0 Å². The lowest BCUT2D eigenvalue weighted by Gasteiger charge is -2.30. The summed E-state index contributed by atoms with van der Waals surface area (Å²) in [6, 6.07) is 5.73. The molecular formula is C13H20O3. The Kier molecular flexibility index (Phi) is 3.94. The first kappa shape index (κ1) is 13.0. The molecule has 0 aliphatic carbocycles. The zero-order valence-corrected chi connectivity index (χ0v) is 10.6. The molecule has 1 N–H and O–H groups in total. The second-order valence-corrected chi connectivity index (χ2v) is 4.46. The van der Waals surface area contributed by atoms with Gasteiger partial charge in [0.05, 0.1) is 12.7 Å². The van der Waals surface area contributed by atoms with Crippen LogP contribution in [0.2, 0.25) is 0 Å². The third-order valence-electron chi connectivity index (χ3n) is 2.86. The van der Waals surface area contributed by atoms with Crippen molar-refractivity contribution in [2.75, 3.05) is 14.2 Å². The van der Waals surface area contributed by atoms with Crippen molar-refractivity contribution in [3.8, 4) is 5.75 Å². The van der Waals surface area contributed by atoms with Crippen molar-refractivity contribution in [2.24, 2.45) is 0 Å². The highest BCUT2D eigenvalue weighted by Gasteiger charge is 2.30. The third-order valence-corrected chi connectivity index (χ3v) is 2.86. The van der Waals surface area contributed by atoms with Crippen LogP contribution in [0, 0.1) is 6.92 Å². The van der Waals surface area contributed by atoms with Gasteiger partial charge >= 0.3 is 0 Å². The first-order chi connectivity index (χ1) is 7.42. The topological polar surface area (TPSA) is 38.7 Å². The summed E-state index contributed by atoms with van der Waals surface area (Å²) in [5.41, 5.74) is 1.21. The van der Waals surface area contributed by atoms with E-state index in [1.807, 2.05) is 39.0 Å². The molecule has 90 valence electrons. The number of rotatable bonds is 4. The summed E-state index contributed by atoms with van der Waals surface area (Å²) < 4.78 is 10.5. The normalized spacial score (nSPS) is 13.6. The van der Waals surface area contributed by atoms with Gasteiger partial charge in [0.1, 0.15) is 11.9 Å². The standard InChI is InChI=1S/C13H20O3/c1-9-6-7-11(15-4)10(8-9)12(14)13(2,3)16-5/h6-8,12,14H,1-5H3. The van der Waals surface area contributed by atoms with Crippen molar-refractivity contribution >= 4 is 0 Å². The lowest BCUT2D eigenvalue weighted by Crippen LogP contribution is -2.31. The van der Waals surface area contributed by atoms with E-state index < -0.39 is 11.7 Å². The van der Waals surface area contributed by atoms with Gasteiger partial charge in [-0.1, -0.05) is 11.6 Å². The first-order valence-corrected chi connectivity index (χ1v) is 5.30. The van der Waals surface area contributed by atoms with Crippen molar-refractivity contribution in [3.63, 3.8) is 0 Å². The Labute approximate surface area is 97.0 Å². The monoisotopic (exact) mass is 224 g/mol. The van der Waals surface area contributed by atoms with Crippen molar-refractivity contribution in [2.45, 2.75) is 32.5 Å². The molecule has 0 fully saturated rings. The third kappa shape index (κ3) is 2.54. The minimum atomic E-state index is -0.715. The van der Waals surface area contributed by atoms with Gasteiger partial charge in [-0.25, -0.2) is 0 Å². The summed E-state index contributed by atoms with van der Waals surface area (Å²) in [6.07, 6.45) is -0.715. The van der Waals surface area contributed by atoms with Crippen LogP contribution in [0.1, 0.15) is 31.1 Å². The maximum Gasteiger partial charge on any atom is 0.124 e. The molecule has 0 amide bonds. The summed E-state index contributed by atoms with van der Waals surface area (Å²) in [5, 5.41) is 10.3. The van der Waals surface area contributed by atoms with Gasteiger partial charge in [0.15, 0.2) is 0 Å². The maximum absolute atomic E-state index is 10.3. The van der Waals surface area contributed by atoms with E-state index in [0.717, 1.165) is 11.1 Å². The van der Waals surface area contributed by atoms with Crippen molar-refractivity contribution < 1.29 is 14.6 Å². The van der Waals surface area contributed by atoms with Crippen LogP contribution >= 0.6 is 0 Å². The quantitative estimate of drug-likeness (QED) is 0.853. The second kappa shape index (κ2) is 4.85. The number of hydrogen-bond donors (Lipinski definition) is 1. The predicted octanol–water partition coefficient (Wildman–Crippen LogP) is 2.46. The van der Waals surface area contributed by atoms with Crippen LogP contribution in [-0.2, 0) is 4.74 Å². The summed E-state index contributed by atoms with van der Waals surface area (Å²) in [5.74, 6) is 0.684. The average molecular weight is 224 g/mol. The van der Waals surface area contributed by atoms with E-state index in [1.54, 1.807) is 14.2 Å². The molecule has 3 heteroatoms. The lowest BCUT2D eigenvalue weighted by molar-refractivity contribution is -0.0800. The van der Waals surface area contributed by atoms with E-state index in [1.165, 1.54) is 0 Å². The minimum Gasteiger partial charge on any atom is -0.496 e. The molecule has 3 nitrogen and oxygen atoms in total. The molecule has 0 aromatic heterocycles. The summed E-state index contributed by atoms with van der Waals surface area (Å²) in [4.78, 5) is 0. The molecule has 16 heavy (non-hydrogen) atoms. The number of methoxy groups -OCH3 is 2. The van der Waals surface area contributed by atoms with Crippen LogP contribution in [-0.4, -0.2) is 24.9 Å². The van der Waals surface area contributed by atoms with Crippen LogP contribution in [0.5, 0.6) is 5.75 Å². The molecule has 1 atom stereocenters. The predicted molar refractivity (Wildman–Crippen MR) is 63.8 cm³/mol. The van der Waals surface area contributed by atoms with E-state index in [2.05, 4.69) is 0 Å². The van der Waals surface area contributed by atoms with Gasteiger partial charge in [0.25, 0.3) is 0 Å². The molecule has 1 aromatic rings. The summed E-state index contributed by atoms with van der Waals surface area (Å²) >= 11 is 0. The molecule has 0 bridgehead atoms. The fourth-order valence-corrected chi connectivity index (χ4v) is 1.55. The van der Waals surface area contributed by atoms with E-state index in [-0.39, 0.29) is 0 Å². The maximum atomic E-state index is 10.3. The highest BCUT2D eigenvalue weighted by atomic mass is 16.5. The minimum absolute atomic E-state index is 0.638. The lowest BCUT2D eigenvalue weighted by atomic mass is 9.93. The van der Waals surface area contributed by atoms with Crippen LogP contribution in [0.25, 0.3) is 0 Å². The molecule has 0 heterocycles. The summed E-state index contributed by atoms with van der Waals surface area (Å²) in [6.45, 7) is 5.67. The smallest absolute Gasteiger partial charge is 0.124 e. The van der Waals surface area contributed by atoms with E-state index in [4.69, 9.17) is 9.47 Å². The van der Waals surface area contributed by atoms with E-state index in [9.17, 15) is 5.11 Å². The van der Waals surface area contributed by atoms with Gasteiger partial charge in [0.2, 0.25) is 0 Å². The average Bonchev–Trinajstić information content (AvgIpc) is 2.28. The first-order valence-electron chi connectivity index (χ1n) is 5.30. The summed E-state index contributed by atoms with van der Waals surface area (Å²) in [7, 11) is 3.19.